The Kier molecular flexibility index (Phi) is 8.82. The van der Waals surface area contributed by atoms with Crippen molar-refractivity contribution in [2.75, 3.05) is 39.4 Å². The lowest BCUT2D eigenvalue weighted by Gasteiger charge is -2.33. The molecule has 1 fully saturated rings. The number of esters is 1. The Hall–Kier alpha value is -0.650. The van der Waals surface area contributed by atoms with Crippen LogP contribution in [-0.2, 0) is 14.3 Å². The predicted octanol–water partition coefficient (Wildman–Crippen LogP) is 1.42. The molecule has 1 aliphatic heterocycles. The van der Waals surface area contributed by atoms with Crippen molar-refractivity contribution in [2.24, 2.45) is 0 Å². The summed E-state index contributed by atoms with van der Waals surface area (Å²) in [4.78, 5) is 14.3. The molecule has 0 bridgehead atoms. The lowest BCUT2D eigenvalue weighted by molar-refractivity contribution is -0.146. The average molecular weight is 286 g/mol. The van der Waals surface area contributed by atoms with Gasteiger partial charge in [-0.1, -0.05) is 13.8 Å². The molecule has 118 valence electrons. The van der Waals surface area contributed by atoms with Crippen molar-refractivity contribution >= 4 is 5.97 Å². The maximum atomic E-state index is 11.9. The van der Waals surface area contributed by atoms with Crippen molar-refractivity contribution in [2.45, 2.75) is 52.2 Å². The maximum absolute atomic E-state index is 11.9. The van der Waals surface area contributed by atoms with Gasteiger partial charge in [0.15, 0.2) is 0 Å². The number of hydrogen-bond acceptors (Lipinski definition) is 5. The van der Waals surface area contributed by atoms with E-state index in [-0.39, 0.29) is 12.0 Å². The van der Waals surface area contributed by atoms with Crippen LogP contribution in [0.2, 0.25) is 0 Å². The molecule has 0 saturated carbocycles. The Morgan fingerprint density at radius 3 is 2.90 bits per heavy atom. The molecule has 0 radical (unpaired) electrons. The molecule has 5 nitrogen and oxygen atoms in total. The Balaban J connectivity index is 2.38. The van der Waals surface area contributed by atoms with Crippen LogP contribution in [0.3, 0.4) is 0 Å². The summed E-state index contributed by atoms with van der Waals surface area (Å²) < 4.78 is 10.8. The first-order valence-corrected chi connectivity index (χ1v) is 7.95. The normalized spacial score (nSPS) is 21.6. The van der Waals surface area contributed by atoms with Crippen LogP contribution in [0, 0.1) is 0 Å². The molecule has 1 saturated heterocycles. The molecule has 2 unspecified atom stereocenters. The number of rotatable bonds is 9. The fraction of sp³-hybridized carbons (Fsp3) is 0.933. The largest absolute Gasteiger partial charge is 0.465 e. The highest BCUT2D eigenvalue weighted by atomic mass is 16.5. The summed E-state index contributed by atoms with van der Waals surface area (Å²) in [7, 11) is 0. The molecule has 1 rings (SSSR count). The lowest BCUT2D eigenvalue weighted by atomic mass is 10.1. The van der Waals surface area contributed by atoms with Gasteiger partial charge < -0.3 is 14.8 Å². The van der Waals surface area contributed by atoms with E-state index >= 15 is 0 Å². The first-order chi connectivity index (χ1) is 9.71. The van der Waals surface area contributed by atoms with Gasteiger partial charge in [-0.3, -0.25) is 9.69 Å². The highest BCUT2D eigenvalue weighted by molar-refractivity contribution is 5.75. The summed E-state index contributed by atoms with van der Waals surface area (Å²) >= 11 is 0. The van der Waals surface area contributed by atoms with Crippen LogP contribution in [-0.4, -0.2) is 62.4 Å². The fourth-order valence-corrected chi connectivity index (χ4v) is 2.41. The van der Waals surface area contributed by atoms with Gasteiger partial charge in [-0.25, -0.2) is 0 Å². The van der Waals surface area contributed by atoms with Gasteiger partial charge in [0.2, 0.25) is 0 Å². The van der Waals surface area contributed by atoms with Gasteiger partial charge in [0, 0.05) is 19.6 Å². The third kappa shape index (κ3) is 6.20. The topological polar surface area (TPSA) is 50.8 Å². The van der Waals surface area contributed by atoms with E-state index in [0.717, 1.165) is 52.0 Å². The molecule has 5 heteroatoms. The van der Waals surface area contributed by atoms with Gasteiger partial charge in [-0.2, -0.15) is 0 Å². The minimum Gasteiger partial charge on any atom is -0.465 e. The first-order valence-electron chi connectivity index (χ1n) is 7.95. The van der Waals surface area contributed by atoms with Crippen molar-refractivity contribution in [1.29, 1.82) is 0 Å². The third-order valence-electron chi connectivity index (χ3n) is 3.62. The summed E-state index contributed by atoms with van der Waals surface area (Å²) in [6.45, 7) is 11.0. The molecular formula is C15H30N2O3. The van der Waals surface area contributed by atoms with E-state index in [2.05, 4.69) is 24.1 Å². The summed E-state index contributed by atoms with van der Waals surface area (Å²) in [6.07, 6.45) is 3.21. The summed E-state index contributed by atoms with van der Waals surface area (Å²) in [5.41, 5.74) is 0. The number of carbonyl (C=O) groups is 1. The van der Waals surface area contributed by atoms with Crippen LogP contribution in [0.1, 0.15) is 40.0 Å². The van der Waals surface area contributed by atoms with Crippen molar-refractivity contribution in [3.63, 3.8) is 0 Å². The second-order valence-electron chi connectivity index (χ2n) is 5.25. The summed E-state index contributed by atoms with van der Waals surface area (Å²) in [6, 6.07) is -0.183. The molecular weight excluding hydrogens is 256 g/mol. The molecule has 0 aromatic carbocycles. The zero-order chi connectivity index (χ0) is 14.8. The number of carbonyl (C=O) groups excluding carboxylic acids is 1. The Morgan fingerprint density at radius 1 is 1.45 bits per heavy atom. The van der Waals surface area contributed by atoms with Crippen molar-refractivity contribution in [1.82, 2.24) is 10.2 Å². The molecule has 0 amide bonds. The van der Waals surface area contributed by atoms with Crippen LogP contribution < -0.4 is 5.32 Å². The van der Waals surface area contributed by atoms with Crippen LogP contribution in [0.25, 0.3) is 0 Å². The molecule has 0 aromatic heterocycles. The molecule has 2 atom stereocenters. The van der Waals surface area contributed by atoms with Gasteiger partial charge >= 0.3 is 5.97 Å². The zero-order valence-electron chi connectivity index (χ0n) is 13.2. The van der Waals surface area contributed by atoms with E-state index in [0.29, 0.717) is 12.7 Å². The Morgan fingerprint density at radius 2 is 2.25 bits per heavy atom. The lowest BCUT2D eigenvalue weighted by Crippen LogP contribution is -2.46. The SMILES string of the molecule is CCCNC(CCN1CCOC(CC)C1)C(=O)OCC. The second-order valence-corrected chi connectivity index (χ2v) is 5.25. The number of nitrogens with one attached hydrogen (secondary N) is 1. The number of hydrogen-bond donors (Lipinski definition) is 1. The van der Waals surface area contributed by atoms with Gasteiger partial charge in [0.25, 0.3) is 0 Å². The quantitative estimate of drug-likeness (QED) is 0.650. The van der Waals surface area contributed by atoms with Crippen LogP contribution >= 0.6 is 0 Å². The molecule has 20 heavy (non-hydrogen) atoms. The fourth-order valence-electron chi connectivity index (χ4n) is 2.41. The van der Waals surface area contributed by atoms with Crippen LogP contribution in [0.15, 0.2) is 0 Å². The molecule has 1 N–H and O–H groups in total. The van der Waals surface area contributed by atoms with Gasteiger partial charge in [0.05, 0.1) is 19.3 Å². The van der Waals surface area contributed by atoms with Crippen molar-refractivity contribution in [3.8, 4) is 0 Å². The number of ether oxygens (including phenoxy) is 2. The van der Waals surface area contributed by atoms with Crippen LogP contribution in [0.4, 0.5) is 0 Å². The minimum atomic E-state index is -0.183. The van der Waals surface area contributed by atoms with E-state index in [4.69, 9.17) is 9.47 Å². The van der Waals surface area contributed by atoms with Gasteiger partial charge in [-0.15, -0.1) is 0 Å². The highest BCUT2D eigenvalue weighted by Gasteiger charge is 2.23. The van der Waals surface area contributed by atoms with Crippen molar-refractivity contribution < 1.29 is 14.3 Å². The molecule has 0 spiro atoms. The summed E-state index contributed by atoms with van der Waals surface area (Å²) in [5, 5.41) is 3.29. The zero-order valence-corrected chi connectivity index (χ0v) is 13.2. The average Bonchev–Trinajstić information content (AvgIpc) is 2.47. The maximum Gasteiger partial charge on any atom is 0.323 e. The van der Waals surface area contributed by atoms with Crippen LogP contribution in [0.5, 0.6) is 0 Å². The standard InChI is InChI=1S/C15H30N2O3/c1-4-8-16-14(15(18)19-6-3)7-9-17-10-11-20-13(5-2)12-17/h13-14,16H,4-12H2,1-3H3. The molecule has 1 heterocycles. The minimum absolute atomic E-state index is 0.124. The van der Waals surface area contributed by atoms with E-state index in [1.165, 1.54) is 0 Å². The van der Waals surface area contributed by atoms with E-state index in [1.54, 1.807) is 0 Å². The summed E-state index contributed by atoms with van der Waals surface area (Å²) in [5.74, 6) is -0.124. The smallest absolute Gasteiger partial charge is 0.323 e. The number of nitrogens with zero attached hydrogens (tertiary/aromatic N) is 1. The van der Waals surface area contributed by atoms with Crippen molar-refractivity contribution in [3.05, 3.63) is 0 Å². The Bertz CT molecular complexity index is 274. The van der Waals surface area contributed by atoms with Gasteiger partial charge in [-0.05, 0) is 32.7 Å². The van der Waals surface area contributed by atoms with Gasteiger partial charge in [0.1, 0.15) is 6.04 Å². The number of morpholine rings is 1. The third-order valence-corrected chi connectivity index (χ3v) is 3.62. The Labute approximate surface area is 123 Å². The molecule has 1 aliphatic rings. The van der Waals surface area contributed by atoms with E-state index < -0.39 is 0 Å². The first kappa shape index (κ1) is 17.4. The highest BCUT2D eigenvalue weighted by Crippen LogP contribution is 2.09. The molecule has 0 aliphatic carbocycles. The molecule has 0 aromatic rings. The van der Waals surface area contributed by atoms with E-state index in [9.17, 15) is 4.79 Å². The monoisotopic (exact) mass is 286 g/mol. The predicted molar refractivity (Wildman–Crippen MR) is 79.8 cm³/mol. The van der Waals surface area contributed by atoms with E-state index in [1.807, 2.05) is 6.92 Å². The second kappa shape index (κ2) is 10.1.